The molecule has 1 saturated heterocycles. The van der Waals surface area contributed by atoms with Gasteiger partial charge in [0.25, 0.3) is 0 Å². The number of hydrogen-bond acceptors (Lipinski definition) is 5. The van der Waals surface area contributed by atoms with E-state index in [9.17, 15) is 16.8 Å². The molecular weight excluding hydrogens is 274 g/mol. The number of nitrogens with one attached hydrogen (secondary N) is 1. The fourth-order valence-corrected chi connectivity index (χ4v) is 5.04. The Balaban J connectivity index is 2.50. The first-order valence-electron chi connectivity index (χ1n) is 6.35. The van der Waals surface area contributed by atoms with Crippen LogP contribution in [0.2, 0.25) is 0 Å². The molecule has 5 nitrogen and oxygen atoms in total. The van der Waals surface area contributed by atoms with E-state index in [-0.39, 0.29) is 29.2 Å². The van der Waals surface area contributed by atoms with Gasteiger partial charge in [0.05, 0.1) is 11.5 Å². The van der Waals surface area contributed by atoms with Crippen LogP contribution in [-0.4, -0.2) is 52.9 Å². The fourth-order valence-electron chi connectivity index (χ4n) is 2.47. The average molecular weight is 297 g/mol. The Kier molecular flexibility index (Phi) is 5.61. The van der Waals surface area contributed by atoms with Crippen LogP contribution < -0.4 is 5.32 Å². The van der Waals surface area contributed by atoms with Crippen molar-refractivity contribution >= 4 is 19.7 Å². The van der Waals surface area contributed by atoms with E-state index >= 15 is 0 Å². The highest BCUT2D eigenvalue weighted by atomic mass is 32.2. The molecule has 0 aromatic carbocycles. The number of rotatable bonds is 7. The van der Waals surface area contributed by atoms with Crippen LogP contribution >= 0.6 is 0 Å². The zero-order valence-corrected chi connectivity index (χ0v) is 12.7. The summed E-state index contributed by atoms with van der Waals surface area (Å²) in [6.07, 6.45) is 3.24. The first-order valence-corrected chi connectivity index (χ1v) is 10.2. The van der Waals surface area contributed by atoms with Crippen LogP contribution in [0.3, 0.4) is 0 Å². The lowest BCUT2D eigenvalue weighted by Gasteiger charge is -2.23. The number of sulfone groups is 2. The van der Waals surface area contributed by atoms with E-state index in [4.69, 9.17) is 0 Å². The largest absolute Gasteiger partial charge is 0.314 e. The van der Waals surface area contributed by atoms with Gasteiger partial charge in [0, 0.05) is 18.1 Å². The maximum atomic E-state index is 11.5. The Labute approximate surface area is 110 Å². The third kappa shape index (κ3) is 5.67. The second-order valence-corrected chi connectivity index (χ2v) is 9.59. The van der Waals surface area contributed by atoms with Crippen LogP contribution in [0, 0.1) is 5.92 Å². The van der Waals surface area contributed by atoms with Crippen molar-refractivity contribution in [3.8, 4) is 0 Å². The highest BCUT2D eigenvalue weighted by Crippen LogP contribution is 2.24. The predicted octanol–water partition coefficient (Wildman–Crippen LogP) is 0.224. The van der Waals surface area contributed by atoms with E-state index in [0.29, 0.717) is 12.8 Å². The summed E-state index contributed by atoms with van der Waals surface area (Å²) in [5.41, 5.74) is 0. The summed E-state index contributed by atoms with van der Waals surface area (Å²) in [5, 5.41) is 3.29. The second-order valence-electron chi connectivity index (χ2n) is 5.10. The van der Waals surface area contributed by atoms with Crippen LogP contribution in [0.1, 0.15) is 26.2 Å². The monoisotopic (exact) mass is 297 g/mol. The Morgan fingerprint density at radius 1 is 1.39 bits per heavy atom. The molecule has 1 aliphatic rings. The van der Waals surface area contributed by atoms with E-state index < -0.39 is 19.7 Å². The maximum Gasteiger partial charge on any atom is 0.150 e. The molecule has 0 amide bonds. The van der Waals surface area contributed by atoms with Gasteiger partial charge in [-0.1, -0.05) is 6.92 Å². The Morgan fingerprint density at radius 3 is 2.50 bits per heavy atom. The van der Waals surface area contributed by atoms with E-state index in [0.717, 1.165) is 13.0 Å². The zero-order chi connectivity index (χ0) is 13.8. The van der Waals surface area contributed by atoms with Gasteiger partial charge in [-0.3, -0.25) is 0 Å². The molecule has 0 spiro atoms. The summed E-state index contributed by atoms with van der Waals surface area (Å²) >= 11 is 0. The summed E-state index contributed by atoms with van der Waals surface area (Å²) in [7, 11) is -5.80. The summed E-state index contributed by atoms with van der Waals surface area (Å²) < 4.78 is 45.1. The van der Waals surface area contributed by atoms with Gasteiger partial charge in [-0.05, 0) is 31.7 Å². The van der Waals surface area contributed by atoms with Crippen molar-refractivity contribution in [3.05, 3.63) is 0 Å². The molecule has 0 radical (unpaired) electrons. The first kappa shape index (κ1) is 15.9. The maximum absolute atomic E-state index is 11.5. The zero-order valence-electron chi connectivity index (χ0n) is 11.1. The van der Waals surface area contributed by atoms with Crippen LogP contribution in [0.25, 0.3) is 0 Å². The molecule has 18 heavy (non-hydrogen) atoms. The van der Waals surface area contributed by atoms with Gasteiger partial charge in [-0.15, -0.1) is 0 Å². The van der Waals surface area contributed by atoms with Gasteiger partial charge in [0.15, 0.2) is 9.84 Å². The predicted molar refractivity (Wildman–Crippen MR) is 73.2 cm³/mol. The van der Waals surface area contributed by atoms with Crippen LogP contribution in [-0.2, 0) is 19.7 Å². The van der Waals surface area contributed by atoms with Gasteiger partial charge in [-0.2, -0.15) is 0 Å². The number of hydrogen-bond donors (Lipinski definition) is 1. The highest BCUT2D eigenvalue weighted by molar-refractivity contribution is 7.91. The van der Waals surface area contributed by atoms with Crippen LogP contribution in [0.15, 0.2) is 0 Å². The van der Waals surface area contributed by atoms with E-state index in [2.05, 4.69) is 5.32 Å². The Bertz CT molecular complexity index is 455. The smallest absolute Gasteiger partial charge is 0.150 e. The van der Waals surface area contributed by atoms with Crippen molar-refractivity contribution in [1.82, 2.24) is 5.32 Å². The van der Waals surface area contributed by atoms with Crippen molar-refractivity contribution in [2.24, 2.45) is 5.92 Å². The van der Waals surface area contributed by atoms with Gasteiger partial charge in [-0.25, -0.2) is 16.8 Å². The van der Waals surface area contributed by atoms with Crippen molar-refractivity contribution in [2.45, 2.75) is 32.2 Å². The topological polar surface area (TPSA) is 80.3 Å². The molecular formula is C11H23NO4S2. The lowest BCUT2D eigenvalue weighted by Crippen LogP contribution is -2.37. The summed E-state index contributed by atoms with van der Waals surface area (Å²) in [4.78, 5) is 0. The second kappa shape index (κ2) is 6.34. The summed E-state index contributed by atoms with van der Waals surface area (Å²) in [5.74, 6) is 0.818. The van der Waals surface area contributed by atoms with Gasteiger partial charge in [0.2, 0.25) is 0 Å². The molecule has 2 unspecified atom stereocenters. The minimum absolute atomic E-state index is 0.119. The molecule has 1 N–H and O–H groups in total. The molecule has 0 bridgehead atoms. The molecule has 7 heteroatoms. The van der Waals surface area contributed by atoms with Gasteiger partial charge in [0.1, 0.15) is 9.84 Å². The standard InChI is InChI=1S/C11H23NO4S2/c1-3-12-11(5-4-7-17(2,13)14)10-6-8-18(15,16)9-10/h10-12H,3-9H2,1-2H3. The molecule has 108 valence electrons. The van der Waals surface area contributed by atoms with Gasteiger partial charge < -0.3 is 5.32 Å². The first-order chi connectivity index (χ1) is 8.23. The third-order valence-corrected chi connectivity index (χ3v) is 6.16. The van der Waals surface area contributed by atoms with Crippen LogP contribution in [0.5, 0.6) is 0 Å². The minimum Gasteiger partial charge on any atom is -0.314 e. The van der Waals surface area contributed by atoms with E-state index in [1.807, 2.05) is 6.92 Å². The van der Waals surface area contributed by atoms with Crippen LogP contribution in [0.4, 0.5) is 0 Å². The van der Waals surface area contributed by atoms with E-state index in [1.165, 1.54) is 6.26 Å². The molecule has 1 fully saturated rings. The quantitative estimate of drug-likeness (QED) is 0.727. The molecule has 1 rings (SSSR count). The van der Waals surface area contributed by atoms with Crippen molar-refractivity contribution in [2.75, 3.05) is 30.1 Å². The minimum atomic E-state index is -2.93. The third-order valence-electron chi connectivity index (χ3n) is 3.33. The lowest BCUT2D eigenvalue weighted by atomic mass is 9.95. The molecule has 0 aromatic heterocycles. The lowest BCUT2D eigenvalue weighted by molar-refractivity contribution is 0.365. The summed E-state index contributed by atoms with van der Waals surface area (Å²) in [6, 6.07) is 0.119. The molecule has 0 aromatic rings. The summed E-state index contributed by atoms with van der Waals surface area (Å²) in [6.45, 7) is 2.76. The van der Waals surface area contributed by atoms with Crippen molar-refractivity contribution in [3.63, 3.8) is 0 Å². The van der Waals surface area contributed by atoms with Gasteiger partial charge >= 0.3 is 0 Å². The molecule has 1 heterocycles. The normalized spacial score (nSPS) is 25.1. The van der Waals surface area contributed by atoms with Crippen molar-refractivity contribution in [1.29, 1.82) is 0 Å². The fraction of sp³-hybridized carbons (Fsp3) is 1.00. The molecule has 0 aliphatic carbocycles. The highest BCUT2D eigenvalue weighted by Gasteiger charge is 2.33. The average Bonchev–Trinajstić information content (AvgIpc) is 2.56. The molecule has 1 aliphatic heterocycles. The van der Waals surface area contributed by atoms with Crippen molar-refractivity contribution < 1.29 is 16.8 Å². The molecule has 0 saturated carbocycles. The SMILES string of the molecule is CCNC(CCCS(C)(=O)=O)C1CCS(=O)(=O)C1. The van der Waals surface area contributed by atoms with E-state index in [1.54, 1.807) is 0 Å². The Morgan fingerprint density at radius 2 is 2.06 bits per heavy atom. The molecule has 2 atom stereocenters. The Hall–Kier alpha value is -0.140.